The van der Waals surface area contributed by atoms with Gasteiger partial charge in [0.1, 0.15) is 0 Å². The molecule has 0 aliphatic heterocycles. The van der Waals surface area contributed by atoms with Crippen LogP contribution < -0.4 is 5.73 Å². The van der Waals surface area contributed by atoms with Crippen molar-refractivity contribution < 1.29 is 0 Å². The molecule has 2 atom stereocenters. The van der Waals surface area contributed by atoms with E-state index in [1.54, 1.807) is 0 Å². The largest absolute Gasteiger partial charge is 0.324 e. The molecule has 1 rings (SSSR count). The van der Waals surface area contributed by atoms with Crippen LogP contribution in [-0.4, -0.2) is 36.5 Å². The average Bonchev–Trinajstić information content (AvgIpc) is 2.41. The van der Waals surface area contributed by atoms with E-state index in [1.807, 2.05) is 11.8 Å². The van der Waals surface area contributed by atoms with Crippen LogP contribution in [0.2, 0.25) is 0 Å². The number of benzene rings is 1. The molecule has 0 heterocycles. The van der Waals surface area contributed by atoms with Gasteiger partial charge in [0.15, 0.2) is 0 Å². The van der Waals surface area contributed by atoms with Gasteiger partial charge in [-0.1, -0.05) is 36.8 Å². The molecule has 2 N–H and O–H groups in total. The zero-order chi connectivity index (χ0) is 14.3. The SMILES string of the molecule is CCC(CSC)N(C)CCC(N)c1cccc(C)c1. The molecule has 1 aromatic carbocycles. The lowest BCUT2D eigenvalue weighted by atomic mass is 10.0. The van der Waals surface area contributed by atoms with Gasteiger partial charge in [-0.25, -0.2) is 0 Å². The molecular formula is C16H28N2S. The maximum absolute atomic E-state index is 6.30. The molecule has 0 aromatic heterocycles. The number of aryl methyl sites for hydroxylation is 1. The predicted octanol–water partition coefficient (Wildman–Crippen LogP) is 3.46. The summed E-state index contributed by atoms with van der Waals surface area (Å²) in [6, 6.07) is 9.36. The summed E-state index contributed by atoms with van der Waals surface area (Å²) in [7, 11) is 2.22. The van der Waals surface area contributed by atoms with Crippen LogP contribution in [0.15, 0.2) is 24.3 Å². The Bertz CT molecular complexity index is 368. The summed E-state index contributed by atoms with van der Waals surface area (Å²) in [5.41, 5.74) is 8.84. The van der Waals surface area contributed by atoms with Crippen molar-refractivity contribution in [1.82, 2.24) is 4.90 Å². The van der Waals surface area contributed by atoms with Gasteiger partial charge in [-0.05, 0) is 45.2 Å². The Hall–Kier alpha value is -0.510. The van der Waals surface area contributed by atoms with Crippen molar-refractivity contribution >= 4 is 11.8 Å². The van der Waals surface area contributed by atoms with E-state index in [9.17, 15) is 0 Å². The van der Waals surface area contributed by atoms with Crippen molar-refractivity contribution in [3.63, 3.8) is 0 Å². The van der Waals surface area contributed by atoms with E-state index in [2.05, 4.69) is 56.3 Å². The fourth-order valence-corrected chi connectivity index (χ4v) is 3.22. The highest BCUT2D eigenvalue weighted by Crippen LogP contribution is 2.17. The summed E-state index contributed by atoms with van der Waals surface area (Å²) in [4.78, 5) is 2.45. The third-order valence-electron chi connectivity index (χ3n) is 3.72. The minimum atomic E-state index is 0.147. The van der Waals surface area contributed by atoms with Crippen LogP contribution in [0, 0.1) is 6.92 Å². The molecule has 0 spiro atoms. The number of nitrogens with zero attached hydrogens (tertiary/aromatic N) is 1. The first kappa shape index (κ1) is 16.5. The summed E-state index contributed by atoms with van der Waals surface area (Å²) in [5.74, 6) is 1.20. The molecule has 108 valence electrons. The molecule has 0 radical (unpaired) electrons. The third kappa shape index (κ3) is 5.55. The maximum atomic E-state index is 6.30. The van der Waals surface area contributed by atoms with Crippen LogP contribution in [0.5, 0.6) is 0 Å². The molecule has 0 aliphatic rings. The molecule has 3 heteroatoms. The quantitative estimate of drug-likeness (QED) is 0.791. The molecule has 0 bridgehead atoms. The van der Waals surface area contributed by atoms with E-state index in [-0.39, 0.29) is 6.04 Å². The minimum absolute atomic E-state index is 0.147. The Morgan fingerprint density at radius 3 is 2.68 bits per heavy atom. The van der Waals surface area contributed by atoms with Gasteiger partial charge in [-0.2, -0.15) is 11.8 Å². The maximum Gasteiger partial charge on any atom is 0.0307 e. The number of hydrogen-bond acceptors (Lipinski definition) is 3. The molecule has 0 amide bonds. The molecule has 0 aliphatic carbocycles. The van der Waals surface area contributed by atoms with E-state index < -0.39 is 0 Å². The summed E-state index contributed by atoms with van der Waals surface area (Å²) >= 11 is 1.92. The van der Waals surface area contributed by atoms with Gasteiger partial charge in [0, 0.05) is 17.8 Å². The number of rotatable bonds is 8. The van der Waals surface area contributed by atoms with Gasteiger partial charge in [0.25, 0.3) is 0 Å². The van der Waals surface area contributed by atoms with Crippen molar-refractivity contribution in [2.24, 2.45) is 5.73 Å². The molecule has 19 heavy (non-hydrogen) atoms. The zero-order valence-electron chi connectivity index (χ0n) is 12.7. The summed E-state index contributed by atoms with van der Waals surface area (Å²) in [5, 5.41) is 0. The second kappa shape index (κ2) is 8.62. The standard InChI is InChI=1S/C16H28N2S/c1-5-15(12-19-4)18(3)10-9-16(17)14-8-6-7-13(2)11-14/h6-8,11,15-16H,5,9-10,12,17H2,1-4H3. The van der Waals surface area contributed by atoms with Crippen molar-refractivity contribution in [1.29, 1.82) is 0 Å². The number of thioether (sulfide) groups is 1. The van der Waals surface area contributed by atoms with Crippen LogP contribution in [0.25, 0.3) is 0 Å². The zero-order valence-corrected chi connectivity index (χ0v) is 13.5. The first-order valence-electron chi connectivity index (χ1n) is 7.09. The van der Waals surface area contributed by atoms with Crippen molar-refractivity contribution in [3.05, 3.63) is 35.4 Å². The average molecular weight is 280 g/mol. The molecule has 1 aromatic rings. The third-order valence-corrected chi connectivity index (χ3v) is 4.43. The highest BCUT2D eigenvalue weighted by Gasteiger charge is 2.14. The van der Waals surface area contributed by atoms with Gasteiger partial charge < -0.3 is 10.6 Å². The molecular weight excluding hydrogens is 252 g/mol. The monoisotopic (exact) mass is 280 g/mol. The number of hydrogen-bond donors (Lipinski definition) is 1. The lowest BCUT2D eigenvalue weighted by Gasteiger charge is -2.27. The van der Waals surface area contributed by atoms with E-state index in [1.165, 1.54) is 23.3 Å². The Morgan fingerprint density at radius 1 is 1.37 bits per heavy atom. The predicted molar refractivity (Wildman–Crippen MR) is 87.8 cm³/mol. The summed E-state index contributed by atoms with van der Waals surface area (Å²) in [6.07, 6.45) is 4.40. The number of nitrogens with two attached hydrogens (primary N) is 1. The fraction of sp³-hybridized carbons (Fsp3) is 0.625. The van der Waals surface area contributed by atoms with Crippen molar-refractivity contribution in [3.8, 4) is 0 Å². The first-order chi connectivity index (χ1) is 9.08. The Kier molecular flexibility index (Phi) is 7.51. The highest BCUT2D eigenvalue weighted by molar-refractivity contribution is 7.98. The molecule has 0 saturated heterocycles. The van der Waals surface area contributed by atoms with Crippen LogP contribution in [0.1, 0.15) is 36.9 Å². The smallest absolute Gasteiger partial charge is 0.0307 e. The van der Waals surface area contributed by atoms with Crippen molar-refractivity contribution in [2.45, 2.75) is 38.8 Å². The summed E-state index contributed by atoms with van der Waals surface area (Å²) < 4.78 is 0. The minimum Gasteiger partial charge on any atom is -0.324 e. The van der Waals surface area contributed by atoms with Gasteiger partial charge in [0.05, 0.1) is 0 Å². The lowest BCUT2D eigenvalue weighted by molar-refractivity contribution is 0.247. The topological polar surface area (TPSA) is 29.3 Å². The summed E-state index contributed by atoms with van der Waals surface area (Å²) in [6.45, 7) is 5.44. The van der Waals surface area contributed by atoms with E-state index in [0.717, 1.165) is 13.0 Å². The Balaban J connectivity index is 2.47. The molecule has 2 nitrogen and oxygen atoms in total. The van der Waals surface area contributed by atoms with Gasteiger partial charge in [0.2, 0.25) is 0 Å². The highest BCUT2D eigenvalue weighted by atomic mass is 32.2. The Labute approximate surface area is 122 Å². The first-order valence-corrected chi connectivity index (χ1v) is 8.49. The molecule has 0 fully saturated rings. The van der Waals surface area contributed by atoms with Crippen LogP contribution in [0.4, 0.5) is 0 Å². The Morgan fingerprint density at radius 2 is 2.11 bits per heavy atom. The van der Waals surface area contributed by atoms with E-state index in [4.69, 9.17) is 5.73 Å². The normalized spacial score (nSPS) is 14.6. The van der Waals surface area contributed by atoms with Crippen LogP contribution in [0.3, 0.4) is 0 Å². The van der Waals surface area contributed by atoms with E-state index in [0.29, 0.717) is 6.04 Å². The molecule has 2 unspecified atom stereocenters. The van der Waals surface area contributed by atoms with Crippen molar-refractivity contribution in [2.75, 3.05) is 25.6 Å². The second-order valence-electron chi connectivity index (χ2n) is 5.31. The fourth-order valence-electron chi connectivity index (χ4n) is 2.34. The van der Waals surface area contributed by atoms with Crippen LogP contribution >= 0.6 is 11.8 Å². The molecule has 0 saturated carbocycles. The van der Waals surface area contributed by atoms with Gasteiger partial charge in [-0.15, -0.1) is 0 Å². The van der Waals surface area contributed by atoms with Gasteiger partial charge >= 0.3 is 0 Å². The second-order valence-corrected chi connectivity index (χ2v) is 6.22. The van der Waals surface area contributed by atoms with Crippen LogP contribution in [-0.2, 0) is 0 Å². The van der Waals surface area contributed by atoms with Gasteiger partial charge in [-0.3, -0.25) is 0 Å². The van der Waals surface area contributed by atoms with E-state index >= 15 is 0 Å². The lowest BCUT2D eigenvalue weighted by Crippen LogP contribution is -2.35.